The molecule has 178 valence electrons. The highest BCUT2D eigenvalue weighted by molar-refractivity contribution is 14.0. The molecule has 3 rings (SSSR count). The first-order valence-corrected chi connectivity index (χ1v) is 11.0. The molecule has 9 heteroatoms. The van der Waals surface area contributed by atoms with Crippen molar-refractivity contribution in [3.63, 3.8) is 0 Å². The Morgan fingerprint density at radius 3 is 2.45 bits per heavy atom. The number of para-hydroxylation sites is 1. The molecule has 0 aliphatic heterocycles. The summed E-state index contributed by atoms with van der Waals surface area (Å²) in [6, 6.07) is 16.0. The second-order valence-corrected chi connectivity index (χ2v) is 7.09. The molecule has 0 saturated heterocycles. The fourth-order valence-electron chi connectivity index (χ4n) is 3.27. The van der Waals surface area contributed by atoms with E-state index in [4.69, 9.17) is 14.5 Å². The molecule has 0 saturated carbocycles. The van der Waals surface area contributed by atoms with E-state index in [9.17, 15) is 0 Å². The second kappa shape index (κ2) is 13.7. The Hall–Kier alpha value is -2.82. The van der Waals surface area contributed by atoms with E-state index in [0.29, 0.717) is 25.7 Å². The number of aliphatic imine (C=N–C) groups is 1. The van der Waals surface area contributed by atoms with Gasteiger partial charge in [0.1, 0.15) is 12.9 Å². The Balaban J connectivity index is 0.00000385. The summed E-state index contributed by atoms with van der Waals surface area (Å²) in [6.45, 7) is 10.4. The molecule has 33 heavy (non-hydrogen) atoms. The fourth-order valence-corrected chi connectivity index (χ4v) is 3.27. The zero-order valence-corrected chi connectivity index (χ0v) is 21.9. The van der Waals surface area contributed by atoms with Gasteiger partial charge in [-0.05, 0) is 57.5 Å². The van der Waals surface area contributed by atoms with E-state index in [1.165, 1.54) is 0 Å². The number of benzene rings is 2. The quantitative estimate of drug-likeness (QED) is 0.214. The van der Waals surface area contributed by atoms with E-state index in [0.717, 1.165) is 35.1 Å². The summed E-state index contributed by atoms with van der Waals surface area (Å²) in [5.74, 6) is 2.97. The second-order valence-electron chi connectivity index (χ2n) is 7.09. The first kappa shape index (κ1) is 26.4. The lowest BCUT2D eigenvalue weighted by molar-refractivity contribution is 0.287. The van der Waals surface area contributed by atoms with E-state index in [1.807, 2.05) is 73.9 Å². The predicted molar refractivity (Wildman–Crippen MR) is 142 cm³/mol. The Kier molecular flexibility index (Phi) is 10.9. The van der Waals surface area contributed by atoms with E-state index in [2.05, 4.69) is 27.8 Å². The highest BCUT2D eigenvalue weighted by atomic mass is 127. The van der Waals surface area contributed by atoms with Crippen LogP contribution in [0.2, 0.25) is 0 Å². The maximum absolute atomic E-state index is 5.77. The molecule has 1 unspecified atom stereocenters. The Bertz CT molecular complexity index is 1010. The molecule has 8 nitrogen and oxygen atoms in total. The molecule has 0 bridgehead atoms. The number of hydrogen-bond donors (Lipinski definition) is 2. The Morgan fingerprint density at radius 2 is 1.76 bits per heavy atom. The van der Waals surface area contributed by atoms with E-state index in [1.54, 1.807) is 6.33 Å². The van der Waals surface area contributed by atoms with Crippen molar-refractivity contribution in [3.05, 3.63) is 66.2 Å². The lowest BCUT2D eigenvalue weighted by Gasteiger charge is -2.20. The molecule has 0 spiro atoms. The third-order valence-electron chi connectivity index (χ3n) is 4.80. The summed E-state index contributed by atoms with van der Waals surface area (Å²) in [5, 5.41) is 15.1. The number of ether oxygens (including phenoxy) is 2. The highest BCUT2D eigenvalue weighted by Gasteiger charge is 2.13. The number of rotatable bonds is 10. The number of aromatic nitrogens is 3. The van der Waals surface area contributed by atoms with E-state index >= 15 is 0 Å². The van der Waals surface area contributed by atoms with Crippen molar-refractivity contribution in [1.82, 2.24) is 25.4 Å². The van der Waals surface area contributed by atoms with Gasteiger partial charge in [0.2, 0.25) is 0 Å². The van der Waals surface area contributed by atoms with Crippen molar-refractivity contribution in [3.8, 4) is 17.2 Å². The van der Waals surface area contributed by atoms with Crippen LogP contribution in [0.15, 0.2) is 59.9 Å². The molecule has 0 fully saturated rings. The SMILES string of the molecule is CCNC(=NCc1nncn1-c1ccccc1)NC(C)c1ccc(OCC)c(OCC)c1.I. The minimum atomic E-state index is 0. The van der Waals surface area contributed by atoms with Crippen LogP contribution in [0.1, 0.15) is 45.1 Å². The standard InChI is InChI=1S/C24H32N6O2.HI/c1-5-25-24(26-16-23-29-27-17-30(23)20-11-9-8-10-12-20)28-18(4)19-13-14-21(31-6-2)22(15-19)32-7-3;/h8-15,17-18H,5-7,16H2,1-4H3,(H2,25,26,28);1H. The van der Waals surface area contributed by atoms with Gasteiger partial charge in [-0.1, -0.05) is 24.3 Å². The van der Waals surface area contributed by atoms with Crippen LogP contribution in [0.5, 0.6) is 11.5 Å². The van der Waals surface area contributed by atoms with E-state index in [-0.39, 0.29) is 30.0 Å². The topological polar surface area (TPSA) is 85.6 Å². The highest BCUT2D eigenvalue weighted by Crippen LogP contribution is 2.30. The molecule has 0 aliphatic rings. The average Bonchev–Trinajstić information content (AvgIpc) is 3.28. The number of halogens is 1. The molecule has 0 radical (unpaired) electrons. The number of nitrogens with one attached hydrogen (secondary N) is 2. The van der Waals surface area contributed by atoms with Crippen molar-refractivity contribution in [1.29, 1.82) is 0 Å². The molecular weight excluding hydrogens is 531 g/mol. The predicted octanol–water partition coefficient (Wildman–Crippen LogP) is 4.50. The zero-order chi connectivity index (χ0) is 22.8. The largest absolute Gasteiger partial charge is 0.490 e. The zero-order valence-electron chi connectivity index (χ0n) is 19.6. The summed E-state index contributed by atoms with van der Waals surface area (Å²) in [5.41, 5.74) is 2.09. The van der Waals surface area contributed by atoms with Crippen LogP contribution in [0.25, 0.3) is 5.69 Å². The Labute approximate surface area is 212 Å². The number of nitrogens with zero attached hydrogens (tertiary/aromatic N) is 4. The van der Waals surface area contributed by atoms with Crippen molar-refractivity contribution >= 4 is 29.9 Å². The third-order valence-corrected chi connectivity index (χ3v) is 4.80. The summed E-state index contributed by atoms with van der Waals surface area (Å²) in [6.07, 6.45) is 1.71. The monoisotopic (exact) mass is 564 g/mol. The third kappa shape index (κ3) is 7.34. The van der Waals surface area contributed by atoms with Crippen LogP contribution < -0.4 is 20.1 Å². The normalized spacial score (nSPS) is 11.9. The summed E-state index contributed by atoms with van der Waals surface area (Å²) >= 11 is 0. The van der Waals surface area contributed by atoms with Gasteiger partial charge in [-0.25, -0.2) is 4.99 Å². The van der Waals surface area contributed by atoms with Gasteiger partial charge in [0, 0.05) is 12.2 Å². The molecular formula is C24H33IN6O2. The van der Waals surface area contributed by atoms with Gasteiger partial charge < -0.3 is 20.1 Å². The van der Waals surface area contributed by atoms with Crippen molar-refractivity contribution in [2.75, 3.05) is 19.8 Å². The smallest absolute Gasteiger partial charge is 0.192 e. The number of hydrogen-bond acceptors (Lipinski definition) is 5. The molecule has 2 N–H and O–H groups in total. The van der Waals surface area contributed by atoms with E-state index < -0.39 is 0 Å². The maximum atomic E-state index is 5.77. The summed E-state index contributed by atoms with van der Waals surface area (Å²) < 4.78 is 13.4. The lowest BCUT2D eigenvalue weighted by atomic mass is 10.1. The summed E-state index contributed by atoms with van der Waals surface area (Å²) in [7, 11) is 0. The summed E-state index contributed by atoms with van der Waals surface area (Å²) in [4.78, 5) is 4.73. The van der Waals surface area contributed by atoms with Gasteiger partial charge in [0.15, 0.2) is 23.3 Å². The van der Waals surface area contributed by atoms with Crippen LogP contribution >= 0.6 is 24.0 Å². The van der Waals surface area contributed by atoms with Crippen LogP contribution in [0, 0.1) is 0 Å². The molecule has 1 aromatic heterocycles. The minimum Gasteiger partial charge on any atom is -0.490 e. The average molecular weight is 564 g/mol. The minimum absolute atomic E-state index is 0. The Morgan fingerprint density at radius 1 is 1.03 bits per heavy atom. The van der Waals surface area contributed by atoms with Gasteiger partial charge >= 0.3 is 0 Å². The van der Waals surface area contributed by atoms with Crippen LogP contribution in [0.3, 0.4) is 0 Å². The van der Waals surface area contributed by atoms with Gasteiger partial charge in [0.25, 0.3) is 0 Å². The van der Waals surface area contributed by atoms with Crippen LogP contribution in [-0.4, -0.2) is 40.5 Å². The van der Waals surface area contributed by atoms with Gasteiger partial charge in [-0.3, -0.25) is 4.57 Å². The maximum Gasteiger partial charge on any atom is 0.192 e. The molecule has 3 aromatic rings. The van der Waals surface area contributed by atoms with Gasteiger partial charge in [0.05, 0.1) is 19.3 Å². The first-order chi connectivity index (χ1) is 15.7. The molecule has 2 aromatic carbocycles. The lowest BCUT2D eigenvalue weighted by Crippen LogP contribution is -2.38. The van der Waals surface area contributed by atoms with Crippen molar-refractivity contribution in [2.45, 2.75) is 40.3 Å². The van der Waals surface area contributed by atoms with Crippen LogP contribution in [-0.2, 0) is 6.54 Å². The van der Waals surface area contributed by atoms with Crippen LogP contribution in [0.4, 0.5) is 0 Å². The molecule has 0 aliphatic carbocycles. The number of guanidine groups is 1. The van der Waals surface area contributed by atoms with Crippen molar-refractivity contribution < 1.29 is 9.47 Å². The van der Waals surface area contributed by atoms with Crippen molar-refractivity contribution in [2.24, 2.45) is 4.99 Å². The first-order valence-electron chi connectivity index (χ1n) is 11.0. The molecule has 1 heterocycles. The fraction of sp³-hybridized carbons (Fsp3) is 0.375. The molecule has 0 amide bonds. The van der Waals surface area contributed by atoms with Gasteiger partial charge in [-0.2, -0.15) is 0 Å². The van der Waals surface area contributed by atoms with Gasteiger partial charge in [-0.15, -0.1) is 34.2 Å². The molecule has 1 atom stereocenters.